The number of rotatable bonds is 2. The molecule has 5 nitrogen and oxygen atoms in total. The number of β-amino-alcohol motifs (C(OH)–C–C–N with tert-alkyl or cyclic N) is 1. The fraction of sp³-hybridized carbons (Fsp3) is 0.333. The van der Waals surface area contributed by atoms with Gasteiger partial charge in [-0.2, -0.15) is 0 Å². The summed E-state index contributed by atoms with van der Waals surface area (Å²) in [6.07, 6.45) is -0.234. The van der Waals surface area contributed by atoms with Crippen LogP contribution in [0.1, 0.15) is 5.82 Å². The van der Waals surface area contributed by atoms with E-state index in [1.807, 2.05) is 23.1 Å². The number of para-hydroxylation sites is 1. The van der Waals surface area contributed by atoms with Gasteiger partial charge in [0.15, 0.2) is 0 Å². The Morgan fingerprint density at radius 1 is 1.41 bits per heavy atom. The van der Waals surface area contributed by atoms with E-state index >= 15 is 0 Å². The number of likely N-dealkylation sites (tertiary alicyclic amines) is 1. The molecule has 1 aromatic carbocycles. The van der Waals surface area contributed by atoms with E-state index in [4.69, 9.17) is 0 Å². The number of H-pyrrole nitrogens is 1. The summed E-state index contributed by atoms with van der Waals surface area (Å²) in [7, 11) is 0. The average Bonchev–Trinajstić information content (AvgIpc) is 2.27. The summed E-state index contributed by atoms with van der Waals surface area (Å²) in [4.78, 5) is 21.0. The molecule has 2 heterocycles. The van der Waals surface area contributed by atoms with Crippen molar-refractivity contribution >= 4 is 10.9 Å². The second-order valence-corrected chi connectivity index (χ2v) is 4.38. The van der Waals surface area contributed by atoms with Crippen molar-refractivity contribution in [2.45, 2.75) is 12.6 Å². The molecule has 2 aromatic rings. The summed E-state index contributed by atoms with van der Waals surface area (Å²) in [5.74, 6) is 0.653. The number of hydrogen-bond acceptors (Lipinski definition) is 4. The Balaban J connectivity index is 1.93. The summed E-state index contributed by atoms with van der Waals surface area (Å²) in [6.45, 7) is 1.88. The molecule has 1 fully saturated rings. The highest BCUT2D eigenvalue weighted by molar-refractivity contribution is 5.77. The predicted octanol–water partition coefficient (Wildman–Crippen LogP) is 0.0996. The van der Waals surface area contributed by atoms with Crippen LogP contribution in [0.3, 0.4) is 0 Å². The first-order chi connectivity index (χ1) is 8.22. The van der Waals surface area contributed by atoms with Crippen LogP contribution in [-0.2, 0) is 6.54 Å². The van der Waals surface area contributed by atoms with Crippen molar-refractivity contribution in [1.29, 1.82) is 0 Å². The normalized spacial score (nSPS) is 17.2. The minimum Gasteiger partial charge on any atom is -0.390 e. The van der Waals surface area contributed by atoms with E-state index in [1.165, 1.54) is 0 Å². The molecule has 2 N–H and O–H groups in total. The molecule has 0 spiro atoms. The van der Waals surface area contributed by atoms with Crippen LogP contribution in [0, 0.1) is 0 Å². The molecule has 0 radical (unpaired) electrons. The Labute approximate surface area is 97.7 Å². The molecule has 1 aliphatic rings. The van der Waals surface area contributed by atoms with E-state index in [-0.39, 0.29) is 11.7 Å². The number of benzene rings is 1. The van der Waals surface area contributed by atoms with Crippen molar-refractivity contribution in [2.24, 2.45) is 0 Å². The average molecular weight is 231 g/mol. The number of aromatic amines is 1. The number of aliphatic hydroxyl groups is 1. The van der Waals surface area contributed by atoms with Gasteiger partial charge in [-0.05, 0) is 12.1 Å². The van der Waals surface area contributed by atoms with E-state index in [2.05, 4.69) is 9.97 Å². The summed E-state index contributed by atoms with van der Waals surface area (Å²) >= 11 is 0. The van der Waals surface area contributed by atoms with Crippen molar-refractivity contribution in [2.75, 3.05) is 13.1 Å². The molecule has 0 bridgehead atoms. The third kappa shape index (κ3) is 1.94. The van der Waals surface area contributed by atoms with E-state index < -0.39 is 0 Å². The van der Waals surface area contributed by atoms with Crippen LogP contribution < -0.4 is 5.56 Å². The Morgan fingerprint density at radius 2 is 2.18 bits per heavy atom. The second kappa shape index (κ2) is 3.94. The molecule has 1 saturated heterocycles. The number of hydrogen-bond donors (Lipinski definition) is 2. The van der Waals surface area contributed by atoms with E-state index in [0.29, 0.717) is 36.4 Å². The molecule has 0 amide bonds. The third-order valence-corrected chi connectivity index (χ3v) is 2.97. The van der Waals surface area contributed by atoms with Gasteiger partial charge < -0.3 is 10.1 Å². The summed E-state index contributed by atoms with van der Waals surface area (Å²) in [6, 6.07) is 7.29. The third-order valence-electron chi connectivity index (χ3n) is 2.97. The number of aromatic nitrogens is 2. The Kier molecular flexibility index (Phi) is 2.42. The number of nitrogens with one attached hydrogen (secondary N) is 1. The fourth-order valence-corrected chi connectivity index (χ4v) is 2.09. The van der Waals surface area contributed by atoms with Crippen molar-refractivity contribution in [3.63, 3.8) is 0 Å². The quantitative estimate of drug-likeness (QED) is 0.769. The van der Waals surface area contributed by atoms with Crippen molar-refractivity contribution < 1.29 is 5.11 Å². The Bertz CT molecular complexity index is 602. The first kappa shape index (κ1) is 10.4. The zero-order chi connectivity index (χ0) is 11.8. The Hall–Kier alpha value is -1.72. The van der Waals surface area contributed by atoms with Crippen molar-refractivity contribution in [3.8, 4) is 0 Å². The van der Waals surface area contributed by atoms with Crippen LogP contribution in [0.5, 0.6) is 0 Å². The lowest BCUT2D eigenvalue weighted by atomic mass is 10.2. The minimum atomic E-state index is -0.234. The van der Waals surface area contributed by atoms with Gasteiger partial charge in [0, 0.05) is 13.1 Å². The molecule has 0 unspecified atom stereocenters. The van der Waals surface area contributed by atoms with Gasteiger partial charge in [0.25, 0.3) is 5.56 Å². The van der Waals surface area contributed by atoms with Gasteiger partial charge in [0.05, 0.1) is 23.6 Å². The molecule has 88 valence electrons. The van der Waals surface area contributed by atoms with Crippen LogP contribution in [0.15, 0.2) is 29.1 Å². The zero-order valence-electron chi connectivity index (χ0n) is 9.26. The fourth-order valence-electron chi connectivity index (χ4n) is 2.09. The monoisotopic (exact) mass is 231 g/mol. The van der Waals surface area contributed by atoms with Gasteiger partial charge in [-0.25, -0.2) is 4.98 Å². The second-order valence-electron chi connectivity index (χ2n) is 4.38. The maximum Gasteiger partial charge on any atom is 0.258 e. The molecule has 0 aliphatic carbocycles. The van der Waals surface area contributed by atoms with Crippen LogP contribution in [0.25, 0.3) is 10.9 Å². The SMILES string of the molecule is O=c1[nH]c(CN2CC(O)C2)nc2ccccc12. The van der Waals surface area contributed by atoms with Gasteiger partial charge in [-0.15, -0.1) is 0 Å². The van der Waals surface area contributed by atoms with Crippen molar-refractivity contribution in [3.05, 3.63) is 40.4 Å². The highest BCUT2D eigenvalue weighted by atomic mass is 16.3. The number of fused-ring (bicyclic) bond motifs is 1. The molecule has 1 aromatic heterocycles. The van der Waals surface area contributed by atoms with Gasteiger partial charge in [-0.1, -0.05) is 12.1 Å². The van der Waals surface area contributed by atoms with E-state index in [1.54, 1.807) is 6.07 Å². The van der Waals surface area contributed by atoms with Crippen LogP contribution in [-0.4, -0.2) is 39.2 Å². The van der Waals surface area contributed by atoms with E-state index in [0.717, 1.165) is 0 Å². The largest absolute Gasteiger partial charge is 0.390 e. The van der Waals surface area contributed by atoms with Crippen molar-refractivity contribution in [1.82, 2.24) is 14.9 Å². The molecule has 17 heavy (non-hydrogen) atoms. The molecule has 0 atom stereocenters. The lowest BCUT2D eigenvalue weighted by Gasteiger charge is -2.35. The van der Waals surface area contributed by atoms with E-state index in [9.17, 15) is 9.90 Å². The smallest absolute Gasteiger partial charge is 0.258 e. The molecule has 3 rings (SSSR count). The maximum atomic E-state index is 11.8. The van der Waals surface area contributed by atoms with Crippen LogP contribution >= 0.6 is 0 Å². The van der Waals surface area contributed by atoms with Gasteiger partial charge in [0.1, 0.15) is 5.82 Å². The highest BCUT2D eigenvalue weighted by Gasteiger charge is 2.24. The summed E-state index contributed by atoms with van der Waals surface area (Å²) in [5.41, 5.74) is 0.610. The topological polar surface area (TPSA) is 69.2 Å². The highest BCUT2D eigenvalue weighted by Crippen LogP contribution is 2.11. The molecule has 5 heteroatoms. The van der Waals surface area contributed by atoms with Crippen LogP contribution in [0.4, 0.5) is 0 Å². The van der Waals surface area contributed by atoms with Gasteiger partial charge in [0.2, 0.25) is 0 Å². The molecular formula is C12H13N3O2. The number of aliphatic hydroxyl groups excluding tert-OH is 1. The zero-order valence-corrected chi connectivity index (χ0v) is 9.26. The molecular weight excluding hydrogens is 218 g/mol. The number of nitrogens with zero attached hydrogens (tertiary/aromatic N) is 2. The van der Waals surface area contributed by atoms with Gasteiger partial charge >= 0.3 is 0 Å². The summed E-state index contributed by atoms with van der Waals surface area (Å²) in [5, 5.41) is 9.80. The lowest BCUT2D eigenvalue weighted by Crippen LogP contribution is -2.50. The predicted molar refractivity (Wildman–Crippen MR) is 63.6 cm³/mol. The molecule has 0 saturated carbocycles. The first-order valence-corrected chi connectivity index (χ1v) is 5.61. The lowest BCUT2D eigenvalue weighted by molar-refractivity contribution is -0.00425. The van der Waals surface area contributed by atoms with Gasteiger partial charge in [-0.3, -0.25) is 9.69 Å². The first-order valence-electron chi connectivity index (χ1n) is 5.61. The summed E-state index contributed by atoms with van der Waals surface area (Å²) < 4.78 is 0. The standard InChI is InChI=1S/C12H13N3O2/c16-8-5-15(6-8)7-11-13-10-4-2-1-3-9(10)12(17)14-11/h1-4,8,16H,5-7H2,(H,13,14,17). The molecule has 1 aliphatic heterocycles. The Morgan fingerprint density at radius 3 is 2.94 bits per heavy atom. The van der Waals surface area contributed by atoms with Crippen LogP contribution in [0.2, 0.25) is 0 Å². The minimum absolute atomic E-state index is 0.105. The maximum absolute atomic E-state index is 11.8.